The molecule has 0 aliphatic carbocycles. The van der Waals surface area contributed by atoms with Gasteiger partial charge in [0.1, 0.15) is 17.4 Å². The normalized spacial score (nSPS) is 11.2. The molecule has 1 aromatic heterocycles. The van der Waals surface area contributed by atoms with Crippen molar-refractivity contribution in [3.63, 3.8) is 0 Å². The molecule has 0 atom stereocenters. The SMILES string of the molecule is COc1nc(NCCc2ccc(OC(F)(F)F)cc2)cc(-c2ccc(F)cc2)n1. The van der Waals surface area contributed by atoms with Crippen LogP contribution in [0, 0.1) is 5.82 Å². The fourth-order valence-corrected chi connectivity index (χ4v) is 2.57. The molecule has 0 unspecified atom stereocenters. The number of halogens is 4. The van der Waals surface area contributed by atoms with Crippen molar-refractivity contribution >= 4 is 5.82 Å². The van der Waals surface area contributed by atoms with Crippen LogP contribution in [0.25, 0.3) is 11.3 Å². The van der Waals surface area contributed by atoms with E-state index in [-0.39, 0.29) is 17.6 Å². The number of anilines is 1. The Bertz CT molecular complexity index is 945. The van der Waals surface area contributed by atoms with Gasteiger partial charge in [-0.25, -0.2) is 4.39 Å². The summed E-state index contributed by atoms with van der Waals surface area (Å²) in [5.74, 6) is -0.105. The predicted molar refractivity (Wildman–Crippen MR) is 99.3 cm³/mol. The van der Waals surface area contributed by atoms with E-state index < -0.39 is 6.36 Å². The minimum atomic E-state index is -4.71. The Morgan fingerprint density at radius 3 is 2.28 bits per heavy atom. The second-order valence-corrected chi connectivity index (χ2v) is 6.00. The predicted octanol–water partition coefficient (Wildman–Crippen LogP) is 4.84. The van der Waals surface area contributed by atoms with Gasteiger partial charge in [0.15, 0.2) is 0 Å². The van der Waals surface area contributed by atoms with Crippen LogP contribution in [0.5, 0.6) is 11.8 Å². The zero-order chi connectivity index (χ0) is 20.9. The van der Waals surface area contributed by atoms with Crippen molar-refractivity contribution in [2.45, 2.75) is 12.8 Å². The molecular weight excluding hydrogens is 390 g/mol. The molecule has 29 heavy (non-hydrogen) atoms. The molecule has 0 amide bonds. The van der Waals surface area contributed by atoms with Crippen LogP contribution in [-0.4, -0.2) is 30.0 Å². The van der Waals surface area contributed by atoms with Crippen LogP contribution in [0.4, 0.5) is 23.4 Å². The van der Waals surface area contributed by atoms with E-state index in [9.17, 15) is 17.6 Å². The fourth-order valence-electron chi connectivity index (χ4n) is 2.57. The summed E-state index contributed by atoms with van der Waals surface area (Å²) in [7, 11) is 1.44. The van der Waals surface area contributed by atoms with E-state index in [4.69, 9.17) is 4.74 Å². The van der Waals surface area contributed by atoms with Crippen molar-refractivity contribution in [1.82, 2.24) is 9.97 Å². The lowest BCUT2D eigenvalue weighted by Crippen LogP contribution is -2.17. The minimum Gasteiger partial charge on any atom is -0.467 e. The summed E-state index contributed by atoms with van der Waals surface area (Å²) in [6.07, 6.45) is -4.16. The van der Waals surface area contributed by atoms with Crippen LogP contribution in [0.15, 0.2) is 54.6 Å². The Balaban J connectivity index is 1.64. The fraction of sp³-hybridized carbons (Fsp3) is 0.200. The largest absolute Gasteiger partial charge is 0.573 e. The molecule has 0 radical (unpaired) electrons. The Hall–Kier alpha value is -3.36. The summed E-state index contributed by atoms with van der Waals surface area (Å²) >= 11 is 0. The third kappa shape index (κ3) is 6.06. The van der Waals surface area contributed by atoms with Gasteiger partial charge in [0.05, 0.1) is 12.8 Å². The quantitative estimate of drug-likeness (QED) is 0.568. The average molecular weight is 407 g/mol. The standard InChI is InChI=1S/C20H17F4N3O2/c1-28-19-26-17(14-4-6-15(21)7-5-14)12-18(27-19)25-11-10-13-2-8-16(9-3-13)29-20(22,23)24/h2-9,12H,10-11H2,1H3,(H,25,26,27). The van der Waals surface area contributed by atoms with Crippen molar-refractivity contribution in [2.75, 3.05) is 19.0 Å². The van der Waals surface area contributed by atoms with Crippen molar-refractivity contribution in [3.05, 3.63) is 66.0 Å². The van der Waals surface area contributed by atoms with Gasteiger partial charge in [0, 0.05) is 18.2 Å². The molecule has 0 aliphatic heterocycles. The third-order valence-corrected chi connectivity index (χ3v) is 3.90. The van der Waals surface area contributed by atoms with Crippen LogP contribution in [-0.2, 0) is 6.42 Å². The smallest absolute Gasteiger partial charge is 0.467 e. The Labute approximate surface area is 164 Å². The van der Waals surface area contributed by atoms with Crippen LogP contribution >= 0.6 is 0 Å². The lowest BCUT2D eigenvalue weighted by molar-refractivity contribution is -0.274. The Kier molecular flexibility index (Phi) is 6.16. The molecule has 3 rings (SSSR count). The summed E-state index contributed by atoms with van der Waals surface area (Å²) in [5, 5.41) is 3.13. The molecule has 0 aliphatic rings. The third-order valence-electron chi connectivity index (χ3n) is 3.90. The zero-order valence-electron chi connectivity index (χ0n) is 15.3. The molecule has 2 aromatic carbocycles. The van der Waals surface area contributed by atoms with E-state index in [0.29, 0.717) is 30.0 Å². The maximum absolute atomic E-state index is 13.1. The first-order chi connectivity index (χ1) is 13.8. The van der Waals surface area contributed by atoms with Crippen LogP contribution in [0.1, 0.15) is 5.56 Å². The molecule has 0 bridgehead atoms. The minimum absolute atomic E-state index is 0.156. The summed E-state index contributed by atoms with van der Waals surface area (Å²) in [6.45, 7) is 0.475. The highest BCUT2D eigenvalue weighted by molar-refractivity contribution is 5.62. The van der Waals surface area contributed by atoms with Gasteiger partial charge in [-0.05, 0) is 48.4 Å². The Morgan fingerprint density at radius 1 is 0.966 bits per heavy atom. The summed E-state index contributed by atoms with van der Waals surface area (Å²) in [6, 6.07) is 13.4. The molecule has 0 saturated carbocycles. The number of aromatic nitrogens is 2. The van der Waals surface area contributed by atoms with E-state index in [2.05, 4.69) is 20.0 Å². The molecule has 0 fully saturated rings. The molecule has 5 nitrogen and oxygen atoms in total. The van der Waals surface area contributed by atoms with E-state index in [1.54, 1.807) is 30.3 Å². The molecule has 9 heteroatoms. The highest BCUT2D eigenvalue weighted by atomic mass is 19.4. The first-order valence-corrected chi connectivity index (χ1v) is 8.60. The van der Waals surface area contributed by atoms with Gasteiger partial charge in [0.25, 0.3) is 0 Å². The van der Waals surface area contributed by atoms with Crippen LogP contribution in [0.2, 0.25) is 0 Å². The monoisotopic (exact) mass is 407 g/mol. The lowest BCUT2D eigenvalue weighted by Gasteiger charge is -2.11. The molecule has 0 spiro atoms. The number of hydrogen-bond donors (Lipinski definition) is 1. The maximum atomic E-state index is 13.1. The first kappa shape index (κ1) is 20.4. The van der Waals surface area contributed by atoms with Gasteiger partial charge in [-0.15, -0.1) is 13.2 Å². The van der Waals surface area contributed by atoms with Gasteiger partial charge in [-0.1, -0.05) is 12.1 Å². The van der Waals surface area contributed by atoms with Crippen LogP contribution in [0.3, 0.4) is 0 Å². The molecular formula is C20H17F4N3O2. The van der Waals surface area contributed by atoms with E-state index >= 15 is 0 Å². The summed E-state index contributed by atoms with van der Waals surface area (Å²) in [4.78, 5) is 8.47. The van der Waals surface area contributed by atoms with Gasteiger partial charge in [0.2, 0.25) is 0 Å². The van der Waals surface area contributed by atoms with Crippen molar-refractivity contribution in [3.8, 4) is 23.0 Å². The number of methoxy groups -OCH3 is 1. The molecule has 0 saturated heterocycles. The average Bonchev–Trinajstić information content (AvgIpc) is 2.68. The molecule has 3 aromatic rings. The number of benzene rings is 2. The van der Waals surface area contributed by atoms with Gasteiger partial charge < -0.3 is 14.8 Å². The van der Waals surface area contributed by atoms with Crippen molar-refractivity contribution < 1.29 is 27.0 Å². The van der Waals surface area contributed by atoms with Crippen LogP contribution < -0.4 is 14.8 Å². The number of ether oxygens (including phenoxy) is 2. The van der Waals surface area contributed by atoms with Gasteiger partial charge in [-0.2, -0.15) is 9.97 Å². The highest BCUT2D eigenvalue weighted by Gasteiger charge is 2.30. The van der Waals surface area contributed by atoms with Gasteiger partial charge >= 0.3 is 12.4 Å². The number of nitrogens with zero attached hydrogens (tertiary/aromatic N) is 2. The number of alkyl halides is 3. The highest BCUT2D eigenvalue weighted by Crippen LogP contribution is 2.24. The van der Waals surface area contributed by atoms with Crippen molar-refractivity contribution in [1.29, 1.82) is 0 Å². The van der Waals surface area contributed by atoms with Gasteiger partial charge in [-0.3, -0.25) is 0 Å². The second-order valence-electron chi connectivity index (χ2n) is 6.00. The number of nitrogens with one attached hydrogen (secondary N) is 1. The molecule has 1 heterocycles. The second kappa shape index (κ2) is 8.76. The van der Waals surface area contributed by atoms with E-state index in [0.717, 1.165) is 5.56 Å². The number of hydrogen-bond acceptors (Lipinski definition) is 5. The van der Waals surface area contributed by atoms with E-state index in [1.165, 1.54) is 31.4 Å². The summed E-state index contributed by atoms with van der Waals surface area (Å²) in [5.41, 5.74) is 2.09. The first-order valence-electron chi connectivity index (χ1n) is 8.60. The topological polar surface area (TPSA) is 56.3 Å². The molecule has 152 valence electrons. The van der Waals surface area contributed by atoms with E-state index in [1.807, 2.05) is 0 Å². The zero-order valence-corrected chi connectivity index (χ0v) is 15.3. The van der Waals surface area contributed by atoms with Crippen molar-refractivity contribution in [2.24, 2.45) is 0 Å². The maximum Gasteiger partial charge on any atom is 0.573 e. The Morgan fingerprint density at radius 2 is 1.66 bits per heavy atom. The summed E-state index contributed by atoms with van der Waals surface area (Å²) < 4.78 is 58.7. The number of rotatable bonds is 7. The lowest BCUT2D eigenvalue weighted by atomic mass is 10.1. The molecule has 1 N–H and O–H groups in total.